The van der Waals surface area contributed by atoms with Crippen LogP contribution in [0.5, 0.6) is 0 Å². The zero-order valence-corrected chi connectivity index (χ0v) is 10.2. The van der Waals surface area contributed by atoms with Crippen molar-refractivity contribution in [3.8, 4) is 0 Å². The van der Waals surface area contributed by atoms with Crippen LogP contribution in [0.15, 0.2) is 0 Å². The molecule has 0 heterocycles. The van der Waals surface area contributed by atoms with Crippen LogP contribution in [0.4, 0.5) is 4.79 Å². The van der Waals surface area contributed by atoms with Gasteiger partial charge in [0, 0.05) is 12.6 Å². The summed E-state index contributed by atoms with van der Waals surface area (Å²) in [5.41, 5.74) is 0. The molecule has 1 rings (SSSR count). The summed E-state index contributed by atoms with van der Waals surface area (Å²) < 4.78 is 0. The number of aliphatic hydroxyl groups excluding tert-OH is 1. The Morgan fingerprint density at radius 1 is 1.41 bits per heavy atom. The summed E-state index contributed by atoms with van der Waals surface area (Å²) >= 11 is 0. The number of aliphatic carboxylic acids is 1. The first kappa shape index (κ1) is 13.8. The van der Waals surface area contributed by atoms with Crippen molar-refractivity contribution in [2.75, 3.05) is 13.1 Å². The predicted molar refractivity (Wildman–Crippen MR) is 61.6 cm³/mol. The van der Waals surface area contributed by atoms with E-state index in [-0.39, 0.29) is 18.6 Å². The summed E-state index contributed by atoms with van der Waals surface area (Å²) in [7, 11) is 0. The molecule has 3 N–H and O–H groups in total. The maximum absolute atomic E-state index is 11.8. The quantitative estimate of drug-likeness (QED) is 0.625. The molecule has 1 saturated carbocycles. The van der Waals surface area contributed by atoms with Crippen LogP contribution in [-0.4, -0.2) is 52.3 Å². The van der Waals surface area contributed by atoms with E-state index in [0.717, 1.165) is 12.8 Å². The summed E-state index contributed by atoms with van der Waals surface area (Å²) in [5.74, 6) is -0.754. The van der Waals surface area contributed by atoms with Crippen LogP contribution in [0.2, 0.25) is 0 Å². The molecular formula is C11H20N2O4. The number of carbonyl (C=O) groups is 2. The summed E-state index contributed by atoms with van der Waals surface area (Å²) in [6, 6.07) is -0.246. The van der Waals surface area contributed by atoms with Crippen LogP contribution in [0.25, 0.3) is 0 Å². The van der Waals surface area contributed by atoms with Crippen LogP contribution in [0.3, 0.4) is 0 Å². The van der Waals surface area contributed by atoms with Crippen LogP contribution in [0, 0.1) is 5.92 Å². The van der Waals surface area contributed by atoms with Gasteiger partial charge in [-0.15, -0.1) is 0 Å². The third kappa shape index (κ3) is 4.60. The normalized spacial score (nSPS) is 16.7. The number of rotatable bonds is 6. The van der Waals surface area contributed by atoms with Gasteiger partial charge in [0.05, 0.1) is 6.54 Å². The van der Waals surface area contributed by atoms with Crippen molar-refractivity contribution in [1.82, 2.24) is 10.2 Å². The molecule has 0 aromatic carbocycles. The van der Waals surface area contributed by atoms with Gasteiger partial charge in [0.25, 0.3) is 0 Å². The molecule has 0 aliphatic heterocycles. The average Bonchev–Trinajstić information content (AvgIpc) is 3.05. The fourth-order valence-electron chi connectivity index (χ4n) is 1.48. The molecule has 0 aromatic rings. The van der Waals surface area contributed by atoms with Crippen molar-refractivity contribution < 1.29 is 19.8 Å². The van der Waals surface area contributed by atoms with Gasteiger partial charge in [0.2, 0.25) is 0 Å². The Hall–Kier alpha value is -1.30. The number of carboxylic acid groups (broad SMARTS) is 1. The van der Waals surface area contributed by atoms with Gasteiger partial charge in [-0.3, -0.25) is 0 Å². The van der Waals surface area contributed by atoms with Crippen LogP contribution < -0.4 is 5.32 Å². The van der Waals surface area contributed by atoms with Gasteiger partial charge in [-0.25, -0.2) is 9.59 Å². The fourth-order valence-corrected chi connectivity index (χ4v) is 1.48. The summed E-state index contributed by atoms with van der Waals surface area (Å²) in [5, 5.41) is 20.0. The van der Waals surface area contributed by atoms with E-state index in [0.29, 0.717) is 12.5 Å². The van der Waals surface area contributed by atoms with E-state index in [9.17, 15) is 9.59 Å². The Labute approximate surface area is 101 Å². The summed E-state index contributed by atoms with van der Waals surface area (Å²) in [4.78, 5) is 23.8. The van der Waals surface area contributed by atoms with Gasteiger partial charge in [-0.05, 0) is 32.6 Å². The first-order valence-corrected chi connectivity index (χ1v) is 5.87. The van der Waals surface area contributed by atoms with Gasteiger partial charge in [0.15, 0.2) is 6.10 Å². The number of hydrogen-bond acceptors (Lipinski definition) is 3. The third-order valence-corrected chi connectivity index (χ3v) is 2.77. The topological polar surface area (TPSA) is 89.9 Å². The highest BCUT2D eigenvalue weighted by atomic mass is 16.4. The number of carbonyl (C=O) groups excluding carboxylic acids is 1. The molecule has 1 fully saturated rings. The minimum Gasteiger partial charge on any atom is -0.479 e. The van der Waals surface area contributed by atoms with Crippen molar-refractivity contribution in [2.24, 2.45) is 5.92 Å². The number of nitrogens with one attached hydrogen (secondary N) is 1. The predicted octanol–water partition coefficient (Wildman–Crippen LogP) is 0.262. The molecule has 0 radical (unpaired) electrons. The Morgan fingerprint density at radius 3 is 2.41 bits per heavy atom. The molecule has 0 bridgehead atoms. The van der Waals surface area contributed by atoms with Gasteiger partial charge >= 0.3 is 12.0 Å². The number of nitrogens with zero attached hydrogens (tertiary/aromatic N) is 1. The molecular weight excluding hydrogens is 224 g/mol. The second-order valence-electron chi connectivity index (χ2n) is 4.73. The highest BCUT2D eigenvalue weighted by Crippen LogP contribution is 2.30. The minimum absolute atomic E-state index is 0.0672. The first-order chi connectivity index (χ1) is 7.91. The molecule has 2 amide bonds. The zero-order valence-electron chi connectivity index (χ0n) is 10.2. The molecule has 1 aliphatic rings. The average molecular weight is 244 g/mol. The number of carboxylic acids is 1. The van der Waals surface area contributed by atoms with Crippen molar-refractivity contribution >= 4 is 12.0 Å². The lowest BCUT2D eigenvalue weighted by atomic mass is 10.3. The Morgan fingerprint density at radius 2 is 2.00 bits per heavy atom. The summed E-state index contributed by atoms with van der Waals surface area (Å²) in [6.07, 6.45) is 0.747. The maximum Gasteiger partial charge on any atom is 0.334 e. The third-order valence-electron chi connectivity index (χ3n) is 2.77. The molecule has 6 heteroatoms. The van der Waals surface area contributed by atoms with Crippen molar-refractivity contribution in [3.05, 3.63) is 0 Å². The fraction of sp³-hybridized carbons (Fsp3) is 0.818. The smallest absolute Gasteiger partial charge is 0.334 e. The Kier molecular flexibility index (Phi) is 4.74. The second-order valence-corrected chi connectivity index (χ2v) is 4.73. The van der Waals surface area contributed by atoms with E-state index >= 15 is 0 Å². The molecule has 6 nitrogen and oxygen atoms in total. The van der Waals surface area contributed by atoms with Gasteiger partial charge in [0.1, 0.15) is 0 Å². The van der Waals surface area contributed by atoms with Crippen molar-refractivity contribution in [3.63, 3.8) is 0 Å². The van der Waals surface area contributed by atoms with Crippen LogP contribution in [0.1, 0.15) is 26.7 Å². The molecule has 0 aromatic heterocycles. The first-order valence-electron chi connectivity index (χ1n) is 5.87. The monoisotopic (exact) mass is 244 g/mol. The van der Waals surface area contributed by atoms with Crippen molar-refractivity contribution in [2.45, 2.75) is 38.8 Å². The van der Waals surface area contributed by atoms with E-state index in [1.165, 1.54) is 0 Å². The maximum atomic E-state index is 11.8. The molecule has 98 valence electrons. The number of aliphatic hydroxyl groups is 1. The SMILES string of the molecule is CC(C)N(CC1CC1)C(=O)NCC(O)C(=O)O. The molecule has 0 saturated heterocycles. The van der Waals surface area contributed by atoms with E-state index in [2.05, 4.69) is 5.32 Å². The van der Waals surface area contributed by atoms with Crippen LogP contribution >= 0.6 is 0 Å². The highest BCUT2D eigenvalue weighted by molar-refractivity contribution is 5.77. The zero-order chi connectivity index (χ0) is 13.0. The minimum atomic E-state index is -1.55. The van der Waals surface area contributed by atoms with E-state index in [4.69, 9.17) is 10.2 Å². The van der Waals surface area contributed by atoms with E-state index < -0.39 is 12.1 Å². The molecule has 1 unspecified atom stereocenters. The lowest BCUT2D eigenvalue weighted by Crippen LogP contribution is -2.47. The molecule has 1 atom stereocenters. The van der Waals surface area contributed by atoms with Gasteiger partial charge in [-0.2, -0.15) is 0 Å². The Bertz CT molecular complexity index is 289. The molecule has 0 spiro atoms. The lowest BCUT2D eigenvalue weighted by Gasteiger charge is -2.27. The number of hydrogen-bond donors (Lipinski definition) is 3. The second kappa shape index (κ2) is 5.86. The Balaban J connectivity index is 2.38. The largest absolute Gasteiger partial charge is 0.479 e. The van der Waals surface area contributed by atoms with E-state index in [1.54, 1.807) is 4.90 Å². The van der Waals surface area contributed by atoms with Gasteiger partial charge in [-0.1, -0.05) is 0 Å². The number of amides is 2. The standard InChI is InChI=1S/C11H20N2O4/c1-7(2)13(6-8-3-4-8)11(17)12-5-9(14)10(15)16/h7-9,14H,3-6H2,1-2H3,(H,12,17)(H,15,16). The highest BCUT2D eigenvalue weighted by Gasteiger charge is 2.28. The summed E-state index contributed by atoms with van der Waals surface area (Å²) in [6.45, 7) is 4.26. The van der Waals surface area contributed by atoms with Crippen molar-refractivity contribution in [1.29, 1.82) is 0 Å². The lowest BCUT2D eigenvalue weighted by molar-refractivity contribution is -0.146. The number of urea groups is 1. The molecule has 17 heavy (non-hydrogen) atoms. The molecule has 1 aliphatic carbocycles. The van der Waals surface area contributed by atoms with E-state index in [1.807, 2.05) is 13.8 Å². The van der Waals surface area contributed by atoms with Crippen LogP contribution in [-0.2, 0) is 4.79 Å². The van der Waals surface area contributed by atoms with Gasteiger partial charge < -0.3 is 20.4 Å².